The number of benzene rings is 1. The fourth-order valence-corrected chi connectivity index (χ4v) is 2.37. The van der Waals surface area contributed by atoms with Crippen LogP contribution in [0.25, 0.3) is 5.53 Å². The zero-order valence-corrected chi connectivity index (χ0v) is 12.8. The number of hydrogen-bond donors (Lipinski definition) is 0. The summed E-state index contributed by atoms with van der Waals surface area (Å²) in [5, 5.41) is 10.6. The minimum absolute atomic E-state index is 0.0896. The number of ketones is 2. The molecule has 0 bridgehead atoms. The molecule has 0 N–H and O–H groups in total. The largest absolute Gasteiger partial charge is 0.400 e. The Labute approximate surface area is 136 Å². The lowest BCUT2D eigenvalue weighted by Crippen LogP contribution is -2.51. The molecule has 1 aliphatic rings. The molecule has 124 valence electrons. The fourth-order valence-electron chi connectivity index (χ4n) is 2.37. The number of β-lactam (4-membered cyclic amide) rings is 1. The number of amides is 1. The summed E-state index contributed by atoms with van der Waals surface area (Å²) in [6, 6.07) is 4.99. The molecule has 1 aromatic rings. The molecule has 9 nitrogen and oxygen atoms in total. The first-order chi connectivity index (χ1) is 11.3. The van der Waals surface area contributed by atoms with Crippen LogP contribution in [0, 0.1) is 10.1 Å². The summed E-state index contributed by atoms with van der Waals surface area (Å²) in [7, 11) is 1.55. The van der Waals surface area contributed by atoms with Crippen LogP contribution in [0.4, 0.5) is 5.69 Å². The van der Waals surface area contributed by atoms with Crippen molar-refractivity contribution < 1.29 is 24.1 Å². The third-order valence-electron chi connectivity index (χ3n) is 3.91. The van der Waals surface area contributed by atoms with E-state index >= 15 is 0 Å². The van der Waals surface area contributed by atoms with Gasteiger partial charge in [0.2, 0.25) is 11.7 Å². The molecule has 0 aromatic heterocycles. The van der Waals surface area contributed by atoms with Gasteiger partial charge in [-0.15, -0.1) is 0 Å². The smallest absolute Gasteiger partial charge is 0.360 e. The summed E-state index contributed by atoms with van der Waals surface area (Å²) in [6.45, 7) is 0. The highest BCUT2D eigenvalue weighted by Gasteiger charge is 2.38. The van der Waals surface area contributed by atoms with Crippen LogP contribution < -0.4 is 0 Å². The molecule has 0 radical (unpaired) electrons. The molecule has 1 amide bonds. The van der Waals surface area contributed by atoms with Crippen LogP contribution in [-0.4, -0.2) is 50.9 Å². The molecule has 0 saturated carbocycles. The highest BCUT2D eigenvalue weighted by molar-refractivity contribution is 6.64. The predicted molar refractivity (Wildman–Crippen MR) is 81.2 cm³/mol. The number of nitrogens with zero attached hydrogens (tertiary/aromatic N) is 4. The number of non-ortho nitro benzene ring substituents is 1. The van der Waals surface area contributed by atoms with Gasteiger partial charge in [0.05, 0.1) is 4.92 Å². The van der Waals surface area contributed by atoms with Gasteiger partial charge in [-0.25, -0.2) is 0 Å². The molecule has 2 rings (SSSR count). The normalized spacial score (nSPS) is 16.1. The van der Waals surface area contributed by atoms with Crippen molar-refractivity contribution in [3.05, 3.63) is 45.5 Å². The molecule has 24 heavy (non-hydrogen) atoms. The van der Waals surface area contributed by atoms with Crippen LogP contribution in [0.15, 0.2) is 24.3 Å². The van der Waals surface area contributed by atoms with Crippen molar-refractivity contribution in [2.45, 2.75) is 25.3 Å². The van der Waals surface area contributed by atoms with Crippen LogP contribution in [-0.2, 0) is 20.8 Å². The molecule has 1 aromatic carbocycles. The van der Waals surface area contributed by atoms with E-state index in [1.54, 1.807) is 7.05 Å². The predicted octanol–water partition coefficient (Wildman–Crippen LogP) is 0.567. The molecule has 0 spiro atoms. The Balaban J connectivity index is 2.01. The minimum Gasteiger partial charge on any atom is -0.360 e. The van der Waals surface area contributed by atoms with Crippen molar-refractivity contribution in [1.29, 1.82) is 0 Å². The quantitative estimate of drug-likeness (QED) is 0.137. The monoisotopic (exact) mass is 330 g/mol. The van der Waals surface area contributed by atoms with E-state index in [9.17, 15) is 24.5 Å². The number of rotatable bonds is 7. The number of hydrogen-bond acceptors (Lipinski definition) is 5. The first-order valence-corrected chi connectivity index (χ1v) is 7.11. The lowest BCUT2D eigenvalue weighted by molar-refractivity contribution is -0.384. The van der Waals surface area contributed by atoms with Crippen molar-refractivity contribution in [2.75, 3.05) is 7.05 Å². The van der Waals surface area contributed by atoms with Crippen molar-refractivity contribution in [1.82, 2.24) is 4.90 Å². The number of nitro groups is 1. The Kier molecular flexibility index (Phi) is 4.96. The van der Waals surface area contributed by atoms with Gasteiger partial charge < -0.3 is 10.4 Å². The van der Waals surface area contributed by atoms with Gasteiger partial charge in [-0.05, 0) is 5.56 Å². The molecule has 9 heteroatoms. The number of carbonyl (C=O) groups excluding carboxylic acids is 3. The first-order valence-electron chi connectivity index (χ1n) is 7.11. The molecule has 0 aliphatic carbocycles. The van der Waals surface area contributed by atoms with E-state index in [2.05, 4.69) is 4.79 Å². The van der Waals surface area contributed by atoms with Gasteiger partial charge in [0.25, 0.3) is 11.5 Å². The van der Waals surface area contributed by atoms with E-state index in [-0.39, 0.29) is 36.9 Å². The highest BCUT2D eigenvalue weighted by Crippen LogP contribution is 2.20. The number of nitro benzene ring substituents is 1. The van der Waals surface area contributed by atoms with Gasteiger partial charge in [-0.2, -0.15) is 4.79 Å². The third kappa shape index (κ3) is 3.58. The lowest BCUT2D eigenvalue weighted by atomic mass is 9.93. The number of Topliss-reactive ketones (excluding diaryl/α,β-unsaturated/α-hetero) is 2. The zero-order chi connectivity index (χ0) is 17.9. The Bertz CT molecular complexity index is 765. The van der Waals surface area contributed by atoms with E-state index in [4.69, 9.17) is 5.53 Å². The summed E-state index contributed by atoms with van der Waals surface area (Å²) in [5.41, 5.74) is 8.72. The van der Waals surface area contributed by atoms with Crippen molar-refractivity contribution in [3.63, 3.8) is 0 Å². The Morgan fingerprint density at radius 3 is 2.42 bits per heavy atom. The van der Waals surface area contributed by atoms with E-state index in [0.29, 0.717) is 5.56 Å². The number of carbonyl (C=O) groups is 3. The SMILES string of the molecule is CN1C(=O)CC1CC(=O)C(=[N+]=[N-])C(=O)Cc1ccc([N+](=O)[O-])cc1. The fraction of sp³-hybridized carbons (Fsp3) is 0.333. The van der Waals surface area contributed by atoms with Crippen LogP contribution >= 0.6 is 0 Å². The van der Waals surface area contributed by atoms with Gasteiger partial charge in [-0.1, -0.05) is 12.1 Å². The summed E-state index contributed by atoms with van der Waals surface area (Å²) < 4.78 is 0. The zero-order valence-electron chi connectivity index (χ0n) is 12.8. The van der Waals surface area contributed by atoms with Gasteiger partial charge >= 0.3 is 5.71 Å². The summed E-state index contributed by atoms with van der Waals surface area (Å²) in [4.78, 5) is 49.5. The molecule has 1 atom stereocenters. The van der Waals surface area contributed by atoms with Crippen LogP contribution in [0.1, 0.15) is 18.4 Å². The maximum Gasteiger partial charge on any atom is 0.400 e. The Hall–Kier alpha value is -3.19. The molecule has 1 fully saturated rings. The molecule has 1 unspecified atom stereocenters. The summed E-state index contributed by atoms with van der Waals surface area (Å²) in [5.74, 6) is -1.43. The van der Waals surface area contributed by atoms with E-state index in [1.165, 1.54) is 29.2 Å². The van der Waals surface area contributed by atoms with E-state index < -0.39 is 22.2 Å². The first kappa shape index (κ1) is 17.2. The lowest BCUT2D eigenvalue weighted by Gasteiger charge is -2.36. The second-order valence-corrected chi connectivity index (χ2v) is 5.46. The second-order valence-electron chi connectivity index (χ2n) is 5.46. The van der Waals surface area contributed by atoms with Crippen LogP contribution in [0.5, 0.6) is 0 Å². The second kappa shape index (κ2) is 6.93. The minimum atomic E-state index is -0.690. The van der Waals surface area contributed by atoms with E-state index in [1.807, 2.05) is 0 Å². The highest BCUT2D eigenvalue weighted by atomic mass is 16.6. The average Bonchev–Trinajstić information content (AvgIpc) is 2.55. The molecule has 1 heterocycles. The average molecular weight is 330 g/mol. The maximum absolute atomic E-state index is 12.1. The Morgan fingerprint density at radius 2 is 1.96 bits per heavy atom. The van der Waals surface area contributed by atoms with Crippen LogP contribution in [0.3, 0.4) is 0 Å². The summed E-state index contributed by atoms with van der Waals surface area (Å²) in [6.07, 6.45) is -0.0896. The van der Waals surface area contributed by atoms with E-state index in [0.717, 1.165) is 0 Å². The van der Waals surface area contributed by atoms with Gasteiger partial charge in [-0.3, -0.25) is 24.5 Å². The Morgan fingerprint density at radius 1 is 1.33 bits per heavy atom. The molecule has 1 saturated heterocycles. The van der Waals surface area contributed by atoms with Gasteiger partial charge in [0, 0.05) is 44.5 Å². The van der Waals surface area contributed by atoms with Gasteiger partial charge in [0.15, 0.2) is 0 Å². The maximum atomic E-state index is 12.1. The van der Waals surface area contributed by atoms with Crippen LogP contribution in [0.2, 0.25) is 0 Å². The third-order valence-corrected chi connectivity index (χ3v) is 3.91. The van der Waals surface area contributed by atoms with Crippen molar-refractivity contribution in [2.24, 2.45) is 0 Å². The molecular weight excluding hydrogens is 316 g/mol. The topological polar surface area (TPSA) is 134 Å². The van der Waals surface area contributed by atoms with Crippen molar-refractivity contribution in [3.8, 4) is 0 Å². The van der Waals surface area contributed by atoms with Gasteiger partial charge in [0.1, 0.15) is 0 Å². The van der Waals surface area contributed by atoms with Crippen molar-refractivity contribution >= 4 is 28.9 Å². The molecular formula is C15H14N4O5. The molecule has 1 aliphatic heterocycles. The standard InChI is InChI=1S/C15H14N4O5/c1-18-11(8-14(18)22)7-13(21)15(17-16)12(20)6-9-2-4-10(5-3-9)19(23)24/h2-5,11H,6-8H2,1H3. The number of likely N-dealkylation sites (tertiary alicyclic amines) is 1. The summed E-state index contributed by atoms with van der Waals surface area (Å²) >= 11 is 0.